The summed E-state index contributed by atoms with van der Waals surface area (Å²) in [5.74, 6) is -1.96. The van der Waals surface area contributed by atoms with Crippen LogP contribution in [0.1, 0.15) is 33.1 Å². The zero-order valence-corrected chi connectivity index (χ0v) is 12.8. The van der Waals surface area contributed by atoms with Gasteiger partial charge in [-0.1, -0.05) is 20.3 Å². The van der Waals surface area contributed by atoms with E-state index in [1.54, 1.807) is 6.92 Å². The molecule has 0 aliphatic heterocycles. The molecule has 0 bridgehead atoms. The maximum atomic E-state index is 9.49. The van der Waals surface area contributed by atoms with Gasteiger partial charge < -0.3 is 19.8 Å². The smallest absolute Gasteiger partial charge is 0.550 e. The van der Waals surface area contributed by atoms with Crippen molar-refractivity contribution in [2.24, 2.45) is 0 Å². The molecule has 0 fully saturated rings. The first kappa shape index (κ1) is 23.6. The van der Waals surface area contributed by atoms with Crippen molar-refractivity contribution in [1.29, 1.82) is 0 Å². The van der Waals surface area contributed by atoms with Gasteiger partial charge in [0.25, 0.3) is 0 Å². The SMILES string of the molecule is CCC(=O)[O-].CCCC(=O)[O-].[Na+].[Na+]. The van der Waals surface area contributed by atoms with E-state index in [1.807, 2.05) is 0 Å². The second-order valence-corrected chi connectivity index (χ2v) is 1.85. The Hall–Kier alpha value is 0.940. The van der Waals surface area contributed by atoms with E-state index < -0.39 is 11.9 Å². The van der Waals surface area contributed by atoms with Crippen LogP contribution in [0.4, 0.5) is 0 Å². The minimum Gasteiger partial charge on any atom is -0.550 e. The molecule has 0 saturated heterocycles. The monoisotopic (exact) mass is 206 g/mol. The maximum absolute atomic E-state index is 9.49. The van der Waals surface area contributed by atoms with Crippen LogP contribution in [0.3, 0.4) is 0 Å². The standard InChI is InChI=1S/C4H8O2.C3H6O2.2Na/c1-2-3-4(5)6;1-2-3(4)5;;/h2-3H2,1H3,(H,5,6);2H2,1H3,(H,4,5);;/q;;2*+1/p-2. The van der Waals surface area contributed by atoms with Crippen LogP contribution in [-0.4, -0.2) is 11.9 Å². The minimum atomic E-state index is -0.995. The van der Waals surface area contributed by atoms with Gasteiger partial charge in [0, 0.05) is 11.9 Å². The van der Waals surface area contributed by atoms with Crippen LogP contribution >= 0.6 is 0 Å². The third-order valence-electron chi connectivity index (χ3n) is 0.743. The fraction of sp³-hybridized carbons (Fsp3) is 0.714. The molecule has 0 aromatic heterocycles. The fourth-order valence-corrected chi connectivity index (χ4v) is 0.204. The summed E-state index contributed by atoms with van der Waals surface area (Å²) >= 11 is 0. The molecule has 0 spiro atoms. The van der Waals surface area contributed by atoms with Crippen molar-refractivity contribution < 1.29 is 78.9 Å². The number of carbonyl (C=O) groups excluding carboxylic acids is 2. The molecule has 0 aliphatic rings. The van der Waals surface area contributed by atoms with Gasteiger partial charge in [-0.25, -0.2) is 0 Å². The predicted molar refractivity (Wildman–Crippen MR) is 35.2 cm³/mol. The molecule has 0 saturated carbocycles. The average molecular weight is 206 g/mol. The molecule has 0 atom stereocenters. The summed E-state index contributed by atoms with van der Waals surface area (Å²) in [5, 5.41) is 18.7. The van der Waals surface area contributed by atoms with Crippen molar-refractivity contribution in [1.82, 2.24) is 0 Å². The van der Waals surface area contributed by atoms with Crippen LogP contribution in [-0.2, 0) is 9.59 Å². The molecular weight excluding hydrogens is 194 g/mol. The molecular formula is C7H12Na2O4. The zero-order chi connectivity index (χ0) is 9.28. The van der Waals surface area contributed by atoms with Gasteiger partial charge in [0.15, 0.2) is 0 Å². The Kier molecular flexibility index (Phi) is 33.9. The Balaban J connectivity index is -0.0000000546. The molecule has 13 heavy (non-hydrogen) atoms. The van der Waals surface area contributed by atoms with Crippen molar-refractivity contribution in [3.63, 3.8) is 0 Å². The van der Waals surface area contributed by atoms with Crippen molar-refractivity contribution in [2.75, 3.05) is 0 Å². The number of carboxylic acid groups (broad SMARTS) is 2. The van der Waals surface area contributed by atoms with Gasteiger partial charge >= 0.3 is 59.1 Å². The maximum Gasteiger partial charge on any atom is 1.00 e. The van der Waals surface area contributed by atoms with E-state index in [0.29, 0.717) is 6.42 Å². The molecule has 0 unspecified atom stereocenters. The number of aliphatic carboxylic acids is 2. The number of carbonyl (C=O) groups is 2. The second-order valence-electron chi connectivity index (χ2n) is 1.85. The van der Waals surface area contributed by atoms with Crippen LogP contribution in [0.25, 0.3) is 0 Å². The topological polar surface area (TPSA) is 80.3 Å². The van der Waals surface area contributed by atoms with Crippen LogP contribution in [0.5, 0.6) is 0 Å². The third-order valence-corrected chi connectivity index (χ3v) is 0.743. The van der Waals surface area contributed by atoms with E-state index in [-0.39, 0.29) is 72.0 Å². The molecule has 0 aromatic rings. The van der Waals surface area contributed by atoms with Gasteiger partial charge in [-0.05, 0) is 12.8 Å². The number of rotatable bonds is 3. The Morgan fingerprint density at radius 2 is 1.31 bits per heavy atom. The predicted octanol–water partition coefficient (Wildman–Crippen LogP) is -7.31. The molecule has 0 N–H and O–H groups in total. The van der Waals surface area contributed by atoms with Crippen LogP contribution < -0.4 is 69.3 Å². The summed E-state index contributed by atoms with van der Waals surface area (Å²) < 4.78 is 0. The average Bonchev–Trinajstić information content (AvgIpc) is 1.89. The van der Waals surface area contributed by atoms with E-state index in [2.05, 4.69) is 0 Å². The first-order valence-corrected chi connectivity index (χ1v) is 3.44. The Labute approximate surface area is 123 Å². The van der Waals surface area contributed by atoms with Crippen molar-refractivity contribution in [2.45, 2.75) is 33.1 Å². The summed E-state index contributed by atoms with van der Waals surface area (Å²) in [6, 6.07) is 0. The van der Waals surface area contributed by atoms with Crippen molar-refractivity contribution in [3.05, 3.63) is 0 Å². The van der Waals surface area contributed by atoms with E-state index in [4.69, 9.17) is 0 Å². The first-order valence-electron chi connectivity index (χ1n) is 3.44. The molecule has 0 aromatic carbocycles. The summed E-state index contributed by atoms with van der Waals surface area (Å²) in [7, 11) is 0. The summed E-state index contributed by atoms with van der Waals surface area (Å²) in [4.78, 5) is 18.7. The summed E-state index contributed by atoms with van der Waals surface area (Å²) in [5.41, 5.74) is 0. The normalized spacial score (nSPS) is 6.62. The fourth-order valence-electron chi connectivity index (χ4n) is 0.204. The van der Waals surface area contributed by atoms with Crippen molar-refractivity contribution in [3.8, 4) is 0 Å². The minimum absolute atomic E-state index is 0. The number of hydrogen-bond acceptors (Lipinski definition) is 4. The van der Waals surface area contributed by atoms with Gasteiger partial charge in [0.1, 0.15) is 0 Å². The second kappa shape index (κ2) is 18.7. The summed E-state index contributed by atoms with van der Waals surface area (Å²) in [6.45, 7) is 3.34. The van der Waals surface area contributed by atoms with E-state index in [0.717, 1.165) is 0 Å². The van der Waals surface area contributed by atoms with Gasteiger partial charge in [-0.3, -0.25) is 0 Å². The largest absolute Gasteiger partial charge is 1.00 e. The summed E-state index contributed by atoms with van der Waals surface area (Å²) in [6.07, 6.45) is 0.961. The van der Waals surface area contributed by atoms with Gasteiger partial charge in [-0.2, -0.15) is 0 Å². The molecule has 0 rings (SSSR count). The Bertz CT molecular complexity index is 128. The van der Waals surface area contributed by atoms with Gasteiger partial charge in [0.05, 0.1) is 0 Å². The molecule has 4 nitrogen and oxygen atoms in total. The van der Waals surface area contributed by atoms with Gasteiger partial charge in [-0.15, -0.1) is 0 Å². The Morgan fingerprint density at radius 3 is 1.31 bits per heavy atom. The Morgan fingerprint density at radius 1 is 1.00 bits per heavy atom. The third kappa shape index (κ3) is 43.9. The molecule has 0 radical (unpaired) electrons. The van der Waals surface area contributed by atoms with Crippen LogP contribution in [0.2, 0.25) is 0 Å². The van der Waals surface area contributed by atoms with E-state index in [1.165, 1.54) is 6.92 Å². The van der Waals surface area contributed by atoms with Crippen LogP contribution in [0, 0.1) is 0 Å². The van der Waals surface area contributed by atoms with Crippen molar-refractivity contribution >= 4 is 11.9 Å². The first-order chi connectivity index (χ1) is 5.04. The van der Waals surface area contributed by atoms with Gasteiger partial charge in [0.2, 0.25) is 0 Å². The van der Waals surface area contributed by atoms with E-state index in [9.17, 15) is 19.8 Å². The number of carboxylic acids is 2. The van der Waals surface area contributed by atoms with E-state index >= 15 is 0 Å². The quantitative estimate of drug-likeness (QED) is 0.430. The molecule has 0 heterocycles. The molecule has 6 heteroatoms. The zero-order valence-electron chi connectivity index (χ0n) is 8.75. The number of hydrogen-bond donors (Lipinski definition) is 0. The molecule has 0 aliphatic carbocycles. The molecule has 0 amide bonds. The molecule has 66 valence electrons. The van der Waals surface area contributed by atoms with Crippen LogP contribution in [0.15, 0.2) is 0 Å².